The average molecular weight is 431 g/mol. The molecule has 7 heteroatoms. The summed E-state index contributed by atoms with van der Waals surface area (Å²) in [6.07, 6.45) is 1.82. The molecule has 0 aliphatic carbocycles. The summed E-state index contributed by atoms with van der Waals surface area (Å²) in [4.78, 5) is 13.1. The van der Waals surface area contributed by atoms with Gasteiger partial charge in [0.15, 0.2) is 0 Å². The van der Waals surface area contributed by atoms with Crippen LogP contribution in [0.25, 0.3) is 0 Å². The molecule has 1 atom stereocenters. The highest BCUT2D eigenvalue weighted by atomic mass is 32.2. The van der Waals surface area contributed by atoms with Crippen molar-refractivity contribution in [3.63, 3.8) is 0 Å². The Morgan fingerprint density at radius 3 is 2.23 bits per heavy atom. The van der Waals surface area contributed by atoms with E-state index in [9.17, 15) is 13.2 Å². The van der Waals surface area contributed by atoms with E-state index in [0.717, 1.165) is 23.3 Å². The van der Waals surface area contributed by atoms with E-state index >= 15 is 0 Å². The molecule has 2 aromatic carbocycles. The first kappa shape index (κ1) is 22.3. The smallest absolute Gasteiger partial charge is 0.243 e. The second-order valence-electron chi connectivity index (χ2n) is 7.73. The molecule has 0 spiro atoms. The number of carbonyl (C=O) groups is 1. The molecule has 1 amide bonds. The molecule has 30 heavy (non-hydrogen) atoms. The highest BCUT2D eigenvalue weighted by molar-refractivity contribution is 7.89. The van der Waals surface area contributed by atoms with Crippen LogP contribution in [0.4, 0.5) is 0 Å². The Labute approximate surface area is 179 Å². The molecule has 1 saturated heterocycles. The van der Waals surface area contributed by atoms with Gasteiger partial charge in [0, 0.05) is 19.0 Å². The van der Waals surface area contributed by atoms with Crippen molar-refractivity contribution in [3.05, 3.63) is 59.7 Å². The molecule has 0 aromatic heterocycles. The minimum Gasteiger partial charge on any atom is -0.497 e. The Kier molecular flexibility index (Phi) is 7.15. The van der Waals surface area contributed by atoms with E-state index in [1.54, 1.807) is 31.4 Å². The molecular weight excluding hydrogens is 400 g/mol. The van der Waals surface area contributed by atoms with Crippen LogP contribution in [-0.4, -0.2) is 38.8 Å². The van der Waals surface area contributed by atoms with E-state index in [2.05, 4.69) is 5.32 Å². The van der Waals surface area contributed by atoms with Gasteiger partial charge in [0.25, 0.3) is 0 Å². The predicted molar refractivity (Wildman–Crippen MR) is 117 cm³/mol. The highest BCUT2D eigenvalue weighted by Gasteiger charge is 2.32. The largest absolute Gasteiger partial charge is 0.497 e. The average Bonchev–Trinajstić information content (AvgIpc) is 2.78. The maximum atomic E-state index is 12.9. The number of hydrogen-bond donors (Lipinski definition) is 1. The number of piperidine rings is 1. The molecule has 1 aliphatic heterocycles. The van der Waals surface area contributed by atoms with Gasteiger partial charge in [-0.2, -0.15) is 4.31 Å². The van der Waals surface area contributed by atoms with E-state index in [0.29, 0.717) is 30.8 Å². The summed E-state index contributed by atoms with van der Waals surface area (Å²) < 4.78 is 32.4. The van der Waals surface area contributed by atoms with Gasteiger partial charge in [-0.15, -0.1) is 0 Å². The van der Waals surface area contributed by atoms with Crippen molar-refractivity contribution in [2.24, 2.45) is 5.92 Å². The summed E-state index contributed by atoms with van der Waals surface area (Å²) >= 11 is 0. The lowest BCUT2D eigenvalue weighted by molar-refractivity contribution is -0.126. The van der Waals surface area contributed by atoms with Crippen molar-refractivity contribution < 1.29 is 17.9 Å². The number of carbonyl (C=O) groups excluding carboxylic acids is 1. The number of benzene rings is 2. The molecule has 0 saturated carbocycles. The minimum atomic E-state index is -3.52. The van der Waals surface area contributed by atoms with Gasteiger partial charge in [0.2, 0.25) is 15.9 Å². The first-order valence-corrected chi connectivity index (χ1v) is 11.8. The topological polar surface area (TPSA) is 75.7 Å². The number of sulfonamides is 1. The predicted octanol–water partition coefficient (Wildman–Crippen LogP) is 3.67. The van der Waals surface area contributed by atoms with Crippen LogP contribution in [0, 0.1) is 12.8 Å². The molecule has 6 nitrogen and oxygen atoms in total. The van der Waals surface area contributed by atoms with Crippen LogP contribution in [0.2, 0.25) is 0 Å². The van der Waals surface area contributed by atoms with Gasteiger partial charge in [-0.3, -0.25) is 4.79 Å². The minimum absolute atomic E-state index is 0.00921. The zero-order valence-electron chi connectivity index (χ0n) is 17.8. The van der Waals surface area contributed by atoms with E-state index < -0.39 is 10.0 Å². The van der Waals surface area contributed by atoms with E-state index in [4.69, 9.17) is 4.74 Å². The van der Waals surface area contributed by atoms with Crippen LogP contribution in [0.15, 0.2) is 53.4 Å². The lowest BCUT2D eigenvalue weighted by Crippen LogP contribution is -2.43. The second kappa shape index (κ2) is 9.62. The third kappa shape index (κ3) is 5.02. The molecule has 1 N–H and O–H groups in total. The molecule has 1 unspecified atom stereocenters. The Hall–Kier alpha value is -2.38. The van der Waals surface area contributed by atoms with Gasteiger partial charge < -0.3 is 10.1 Å². The fraction of sp³-hybridized carbons (Fsp3) is 0.435. The monoisotopic (exact) mass is 430 g/mol. The number of aryl methyl sites for hydroxylation is 1. The zero-order valence-corrected chi connectivity index (χ0v) is 18.6. The van der Waals surface area contributed by atoms with Gasteiger partial charge in [-0.05, 0) is 56.0 Å². The van der Waals surface area contributed by atoms with E-state index in [1.165, 1.54) is 4.31 Å². The van der Waals surface area contributed by atoms with Gasteiger partial charge in [-0.25, -0.2) is 8.42 Å². The number of nitrogens with zero attached hydrogens (tertiary/aromatic N) is 1. The fourth-order valence-electron chi connectivity index (χ4n) is 3.76. The van der Waals surface area contributed by atoms with Crippen molar-refractivity contribution in [3.8, 4) is 5.75 Å². The number of nitrogens with one attached hydrogen (secondary N) is 1. The molecule has 3 rings (SSSR count). The maximum absolute atomic E-state index is 12.9. The summed E-state index contributed by atoms with van der Waals surface area (Å²) in [5.74, 6) is 0.592. The van der Waals surface area contributed by atoms with Gasteiger partial charge >= 0.3 is 0 Å². The molecule has 162 valence electrons. The summed E-state index contributed by atoms with van der Waals surface area (Å²) in [5, 5.41) is 3.13. The number of ether oxygens (including phenoxy) is 1. The molecular formula is C23H30N2O4S. The Morgan fingerprint density at radius 2 is 1.70 bits per heavy atom. The van der Waals surface area contributed by atoms with Crippen molar-refractivity contribution in [1.82, 2.24) is 9.62 Å². The zero-order chi connectivity index (χ0) is 21.7. The standard InChI is InChI=1S/C23H30N2O4S/c1-4-22(18-7-9-20(29-3)10-8-18)24-23(26)19-13-15-25(16-14-19)30(27,28)21-11-5-17(2)6-12-21/h5-12,19,22H,4,13-16H2,1-3H3,(H,24,26). The number of methoxy groups -OCH3 is 1. The van der Waals surface area contributed by atoms with Crippen LogP contribution >= 0.6 is 0 Å². The summed E-state index contributed by atoms with van der Waals surface area (Å²) in [6.45, 7) is 4.67. The summed E-state index contributed by atoms with van der Waals surface area (Å²) in [7, 11) is -1.89. The first-order chi connectivity index (χ1) is 14.3. The SMILES string of the molecule is CCC(NC(=O)C1CCN(S(=O)(=O)c2ccc(C)cc2)CC1)c1ccc(OC)cc1. The van der Waals surface area contributed by atoms with Crippen LogP contribution in [0.5, 0.6) is 5.75 Å². The Morgan fingerprint density at radius 1 is 1.10 bits per heavy atom. The third-order valence-corrected chi connectivity index (χ3v) is 7.64. The van der Waals surface area contributed by atoms with Crippen molar-refractivity contribution in [2.45, 2.75) is 44.0 Å². The first-order valence-electron chi connectivity index (χ1n) is 10.4. The van der Waals surface area contributed by atoms with Crippen LogP contribution in [0.3, 0.4) is 0 Å². The van der Waals surface area contributed by atoms with E-state index in [1.807, 2.05) is 38.1 Å². The van der Waals surface area contributed by atoms with Crippen LogP contribution in [-0.2, 0) is 14.8 Å². The van der Waals surface area contributed by atoms with Gasteiger partial charge in [0.05, 0.1) is 18.0 Å². The number of amides is 1. The molecule has 1 fully saturated rings. The molecule has 1 heterocycles. The second-order valence-corrected chi connectivity index (χ2v) is 9.67. The van der Waals surface area contributed by atoms with E-state index in [-0.39, 0.29) is 17.9 Å². The quantitative estimate of drug-likeness (QED) is 0.727. The maximum Gasteiger partial charge on any atom is 0.243 e. The normalized spacial score (nSPS) is 16.8. The number of rotatable bonds is 7. The molecule has 2 aromatic rings. The summed E-state index contributed by atoms with van der Waals surface area (Å²) in [6, 6.07) is 14.5. The molecule has 0 bridgehead atoms. The highest BCUT2D eigenvalue weighted by Crippen LogP contribution is 2.26. The lowest BCUT2D eigenvalue weighted by atomic mass is 9.95. The fourth-order valence-corrected chi connectivity index (χ4v) is 5.23. The van der Waals surface area contributed by atoms with Crippen LogP contribution < -0.4 is 10.1 Å². The number of hydrogen-bond acceptors (Lipinski definition) is 4. The van der Waals surface area contributed by atoms with Crippen molar-refractivity contribution in [1.29, 1.82) is 0 Å². The Balaban J connectivity index is 1.59. The molecule has 1 aliphatic rings. The summed E-state index contributed by atoms with van der Waals surface area (Å²) in [5.41, 5.74) is 2.05. The van der Waals surface area contributed by atoms with Crippen molar-refractivity contribution in [2.75, 3.05) is 20.2 Å². The van der Waals surface area contributed by atoms with Crippen molar-refractivity contribution >= 4 is 15.9 Å². The third-order valence-electron chi connectivity index (χ3n) is 5.73. The van der Waals surface area contributed by atoms with Gasteiger partial charge in [-0.1, -0.05) is 36.8 Å². The van der Waals surface area contributed by atoms with Crippen LogP contribution in [0.1, 0.15) is 43.4 Å². The Bertz CT molecular complexity index is 948. The van der Waals surface area contributed by atoms with Gasteiger partial charge in [0.1, 0.15) is 5.75 Å². The molecule has 0 radical (unpaired) electrons. The lowest BCUT2D eigenvalue weighted by Gasteiger charge is -2.31.